The molecule has 0 bridgehead atoms. The molecule has 0 fully saturated rings. The Kier molecular flexibility index (Phi) is 7.40. The van der Waals surface area contributed by atoms with Crippen molar-refractivity contribution in [3.63, 3.8) is 0 Å². The molecule has 3 nitrogen and oxygen atoms in total. The molecular formula is C23H22ClNO2S. The molecule has 0 saturated heterocycles. The third-order valence-corrected chi connectivity index (χ3v) is 5.59. The highest BCUT2D eigenvalue weighted by atomic mass is 35.5. The fourth-order valence-corrected chi connectivity index (χ4v) is 3.83. The van der Waals surface area contributed by atoms with E-state index in [2.05, 4.69) is 17.4 Å². The Morgan fingerprint density at radius 2 is 1.75 bits per heavy atom. The Morgan fingerprint density at radius 1 is 1.00 bits per heavy atom. The topological polar surface area (TPSA) is 38.3 Å². The molecule has 3 aromatic carbocycles. The molecule has 0 atom stereocenters. The Balaban J connectivity index is 1.71. The average molecular weight is 412 g/mol. The predicted molar refractivity (Wildman–Crippen MR) is 116 cm³/mol. The molecule has 0 radical (unpaired) electrons. The minimum Gasteiger partial charge on any atom is -0.494 e. The van der Waals surface area contributed by atoms with Gasteiger partial charge < -0.3 is 10.1 Å². The molecule has 0 spiro atoms. The Labute approximate surface area is 175 Å². The SMILES string of the molecule is CCOc1ccc(C(=O)NCc2ccccc2Cl)cc1CSc1ccccc1. The second-order valence-corrected chi connectivity index (χ2v) is 7.59. The summed E-state index contributed by atoms with van der Waals surface area (Å²) in [5.74, 6) is 1.41. The van der Waals surface area contributed by atoms with Gasteiger partial charge in [0, 0.05) is 33.3 Å². The lowest BCUT2D eigenvalue weighted by atomic mass is 10.1. The Hall–Kier alpha value is -2.43. The van der Waals surface area contributed by atoms with Crippen LogP contribution in [0.4, 0.5) is 0 Å². The van der Waals surface area contributed by atoms with Gasteiger partial charge >= 0.3 is 0 Å². The van der Waals surface area contributed by atoms with Gasteiger partial charge in [0.2, 0.25) is 0 Å². The summed E-state index contributed by atoms with van der Waals surface area (Å²) in [6, 6.07) is 23.3. The molecular weight excluding hydrogens is 390 g/mol. The molecule has 28 heavy (non-hydrogen) atoms. The van der Waals surface area contributed by atoms with Crippen LogP contribution in [0.2, 0.25) is 5.02 Å². The molecule has 0 aliphatic rings. The summed E-state index contributed by atoms with van der Waals surface area (Å²) in [6.45, 7) is 2.93. The van der Waals surface area contributed by atoms with Crippen LogP contribution in [0.15, 0.2) is 77.7 Å². The maximum absolute atomic E-state index is 12.6. The van der Waals surface area contributed by atoms with Crippen LogP contribution < -0.4 is 10.1 Å². The first-order valence-electron chi connectivity index (χ1n) is 9.12. The first-order valence-corrected chi connectivity index (χ1v) is 10.5. The van der Waals surface area contributed by atoms with Crippen molar-refractivity contribution in [3.05, 3.63) is 94.5 Å². The van der Waals surface area contributed by atoms with Crippen LogP contribution in [0, 0.1) is 0 Å². The van der Waals surface area contributed by atoms with E-state index in [9.17, 15) is 4.79 Å². The summed E-state index contributed by atoms with van der Waals surface area (Å²) >= 11 is 7.88. The van der Waals surface area contributed by atoms with Crippen LogP contribution in [0.5, 0.6) is 5.75 Å². The Morgan fingerprint density at radius 3 is 2.50 bits per heavy atom. The normalized spacial score (nSPS) is 10.5. The molecule has 3 rings (SSSR count). The molecule has 1 amide bonds. The number of carbonyl (C=O) groups excluding carboxylic acids is 1. The smallest absolute Gasteiger partial charge is 0.251 e. The zero-order valence-electron chi connectivity index (χ0n) is 15.7. The summed E-state index contributed by atoms with van der Waals surface area (Å²) in [5.41, 5.74) is 2.50. The lowest BCUT2D eigenvalue weighted by molar-refractivity contribution is 0.0951. The number of benzene rings is 3. The molecule has 3 aromatic rings. The van der Waals surface area contributed by atoms with Crippen molar-refractivity contribution in [1.82, 2.24) is 5.32 Å². The summed E-state index contributed by atoms with van der Waals surface area (Å²) in [6.07, 6.45) is 0. The first kappa shape index (κ1) is 20.3. The minimum atomic E-state index is -0.131. The first-order chi connectivity index (χ1) is 13.7. The lowest BCUT2D eigenvalue weighted by Crippen LogP contribution is -2.23. The zero-order chi connectivity index (χ0) is 19.8. The van der Waals surface area contributed by atoms with Gasteiger partial charge in [-0.25, -0.2) is 0 Å². The van der Waals surface area contributed by atoms with E-state index in [0.717, 1.165) is 22.6 Å². The molecule has 1 N–H and O–H groups in total. The molecule has 0 aromatic heterocycles. The van der Waals surface area contributed by atoms with Crippen LogP contribution in [0.3, 0.4) is 0 Å². The van der Waals surface area contributed by atoms with Crippen LogP contribution in [-0.4, -0.2) is 12.5 Å². The molecule has 5 heteroatoms. The summed E-state index contributed by atoms with van der Waals surface area (Å²) in [4.78, 5) is 13.8. The highest BCUT2D eigenvalue weighted by Gasteiger charge is 2.12. The van der Waals surface area contributed by atoms with Gasteiger partial charge in [-0.1, -0.05) is 48.0 Å². The molecule has 144 valence electrons. The number of hydrogen-bond acceptors (Lipinski definition) is 3. The van der Waals surface area contributed by atoms with Gasteiger partial charge in [0.15, 0.2) is 0 Å². The molecule has 0 unspecified atom stereocenters. The van der Waals surface area contributed by atoms with Crippen LogP contribution in [0.1, 0.15) is 28.4 Å². The third kappa shape index (κ3) is 5.54. The van der Waals surface area contributed by atoms with E-state index in [4.69, 9.17) is 16.3 Å². The standard InChI is InChI=1S/C23H22ClNO2S/c1-2-27-22-13-12-17(14-19(22)16-28-20-9-4-3-5-10-20)23(26)25-15-18-8-6-7-11-21(18)24/h3-14H,2,15-16H2,1H3,(H,25,26). The number of amides is 1. The number of hydrogen-bond donors (Lipinski definition) is 1. The van der Waals surface area contributed by atoms with Gasteiger partial charge in [0.25, 0.3) is 5.91 Å². The van der Waals surface area contributed by atoms with E-state index >= 15 is 0 Å². The maximum Gasteiger partial charge on any atom is 0.251 e. The van der Waals surface area contributed by atoms with E-state index in [1.165, 1.54) is 4.90 Å². The van der Waals surface area contributed by atoms with Crippen LogP contribution >= 0.6 is 23.4 Å². The molecule has 0 heterocycles. The van der Waals surface area contributed by atoms with Gasteiger partial charge in [-0.05, 0) is 48.9 Å². The second-order valence-electron chi connectivity index (χ2n) is 6.13. The quantitative estimate of drug-likeness (QED) is 0.464. The van der Waals surface area contributed by atoms with Crippen molar-refractivity contribution in [2.75, 3.05) is 6.61 Å². The van der Waals surface area contributed by atoms with Crippen molar-refractivity contribution >= 4 is 29.3 Å². The van der Waals surface area contributed by atoms with E-state index < -0.39 is 0 Å². The molecule has 0 aliphatic carbocycles. The van der Waals surface area contributed by atoms with E-state index in [0.29, 0.717) is 23.7 Å². The minimum absolute atomic E-state index is 0.131. The van der Waals surface area contributed by atoms with Crippen molar-refractivity contribution in [2.45, 2.75) is 24.1 Å². The number of nitrogens with one attached hydrogen (secondary N) is 1. The predicted octanol–water partition coefficient (Wildman–Crippen LogP) is 5.96. The van der Waals surface area contributed by atoms with E-state index in [-0.39, 0.29) is 5.91 Å². The highest BCUT2D eigenvalue weighted by molar-refractivity contribution is 7.98. The Bertz CT molecular complexity index is 931. The van der Waals surface area contributed by atoms with Crippen molar-refractivity contribution in [3.8, 4) is 5.75 Å². The van der Waals surface area contributed by atoms with Crippen molar-refractivity contribution < 1.29 is 9.53 Å². The van der Waals surface area contributed by atoms with E-state index in [1.807, 2.05) is 61.5 Å². The number of thioether (sulfide) groups is 1. The van der Waals surface area contributed by atoms with Gasteiger partial charge in [-0.15, -0.1) is 11.8 Å². The number of halogens is 1. The number of ether oxygens (including phenoxy) is 1. The summed E-state index contributed by atoms with van der Waals surface area (Å²) in [7, 11) is 0. The van der Waals surface area contributed by atoms with Crippen LogP contribution in [0.25, 0.3) is 0 Å². The summed E-state index contributed by atoms with van der Waals surface area (Å²) < 4.78 is 5.74. The summed E-state index contributed by atoms with van der Waals surface area (Å²) in [5, 5.41) is 3.59. The van der Waals surface area contributed by atoms with Gasteiger partial charge in [0.05, 0.1) is 6.61 Å². The zero-order valence-corrected chi connectivity index (χ0v) is 17.2. The van der Waals surface area contributed by atoms with Gasteiger partial charge in [0.1, 0.15) is 5.75 Å². The fourth-order valence-electron chi connectivity index (χ4n) is 2.73. The van der Waals surface area contributed by atoms with E-state index in [1.54, 1.807) is 17.8 Å². The van der Waals surface area contributed by atoms with Crippen molar-refractivity contribution in [2.24, 2.45) is 0 Å². The second kappa shape index (κ2) is 10.2. The van der Waals surface area contributed by atoms with Crippen LogP contribution in [-0.2, 0) is 12.3 Å². The maximum atomic E-state index is 12.6. The number of carbonyl (C=O) groups is 1. The number of rotatable bonds is 8. The lowest BCUT2D eigenvalue weighted by Gasteiger charge is -2.13. The molecule has 0 aliphatic heterocycles. The third-order valence-electron chi connectivity index (χ3n) is 4.16. The van der Waals surface area contributed by atoms with Gasteiger partial charge in [-0.2, -0.15) is 0 Å². The largest absolute Gasteiger partial charge is 0.494 e. The van der Waals surface area contributed by atoms with Crippen molar-refractivity contribution in [1.29, 1.82) is 0 Å². The average Bonchev–Trinajstić information content (AvgIpc) is 2.73. The fraction of sp³-hybridized carbons (Fsp3) is 0.174. The highest BCUT2D eigenvalue weighted by Crippen LogP contribution is 2.29. The monoisotopic (exact) mass is 411 g/mol. The molecule has 0 saturated carbocycles. The van der Waals surface area contributed by atoms with Gasteiger partial charge in [-0.3, -0.25) is 4.79 Å².